The topological polar surface area (TPSA) is 96.8 Å². The zero-order valence-electron chi connectivity index (χ0n) is 21.7. The molecular formula is C27H37N5O4S. The molecule has 0 spiro atoms. The van der Waals surface area contributed by atoms with Crippen LogP contribution in [0.4, 0.5) is 0 Å². The molecule has 2 fully saturated rings. The fourth-order valence-electron chi connectivity index (χ4n) is 4.73. The van der Waals surface area contributed by atoms with Gasteiger partial charge in [0.05, 0.1) is 32.0 Å². The van der Waals surface area contributed by atoms with Crippen LogP contribution in [0.25, 0.3) is 0 Å². The van der Waals surface area contributed by atoms with E-state index in [0.717, 1.165) is 31.5 Å². The first kappa shape index (κ1) is 27.2. The Bertz CT molecular complexity index is 1080. The Kier molecular flexibility index (Phi) is 9.62. The highest BCUT2D eigenvalue weighted by atomic mass is 32.2. The SMILES string of the molecule is COC(=O)[C@H](CCSC)N(C(=O)CNCc1cccc(C2CC2)c1)n1cnc(CC(=O)N2CCCC2)c1. The molecule has 2 aromatic rings. The maximum absolute atomic E-state index is 13.5. The van der Waals surface area contributed by atoms with Crippen molar-refractivity contribution in [1.29, 1.82) is 0 Å². The lowest BCUT2D eigenvalue weighted by Gasteiger charge is -2.30. The van der Waals surface area contributed by atoms with E-state index in [0.29, 0.717) is 30.3 Å². The van der Waals surface area contributed by atoms with Crippen LogP contribution in [0.3, 0.4) is 0 Å². The second kappa shape index (κ2) is 13.1. The van der Waals surface area contributed by atoms with Crippen molar-refractivity contribution in [3.05, 3.63) is 53.6 Å². The average Bonchev–Trinajstić information content (AvgIpc) is 3.41. The predicted molar refractivity (Wildman–Crippen MR) is 144 cm³/mol. The largest absolute Gasteiger partial charge is 0.467 e. The zero-order valence-corrected chi connectivity index (χ0v) is 22.5. The summed E-state index contributed by atoms with van der Waals surface area (Å²) in [6, 6.07) is 7.66. The molecule has 0 bridgehead atoms. The van der Waals surface area contributed by atoms with Gasteiger partial charge in [0, 0.05) is 19.6 Å². The lowest BCUT2D eigenvalue weighted by atomic mass is 10.1. The second-order valence-corrected chi connectivity index (χ2v) is 10.7. The number of benzene rings is 1. The van der Waals surface area contributed by atoms with E-state index < -0.39 is 12.0 Å². The van der Waals surface area contributed by atoms with Gasteiger partial charge in [0.15, 0.2) is 6.04 Å². The molecule has 9 nitrogen and oxygen atoms in total. The maximum Gasteiger partial charge on any atom is 0.330 e. The standard InChI is InChI=1S/C27H37N5O4S/c1-36-27(35)24(10-13-37-2)32(31-18-23(29-19-31)15-25(33)30-11-3-4-12-30)26(34)17-28-16-20-6-5-7-22(14-20)21-8-9-21/h5-7,14,18-19,21,24,28H,3-4,8-13,15-17H2,1-2H3/t24-/m0/s1. The monoisotopic (exact) mass is 527 g/mol. The van der Waals surface area contributed by atoms with Crippen LogP contribution in [-0.2, 0) is 32.1 Å². The van der Waals surface area contributed by atoms with Crippen LogP contribution in [0.5, 0.6) is 0 Å². The molecule has 10 heteroatoms. The Hall–Kier alpha value is -2.85. The first-order chi connectivity index (χ1) is 18.0. The summed E-state index contributed by atoms with van der Waals surface area (Å²) >= 11 is 1.60. The Labute approximate surface area is 222 Å². The van der Waals surface area contributed by atoms with Crippen molar-refractivity contribution in [2.45, 2.75) is 57.0 Å². The van der Waals surface area contributed by atoms with Crippen molar-refractivity contribution in [2.24, 2.45) is 0 Å². The number of nitrogens with zero attached hydrogens (tertiary/aromatic N) is 4. The highest BCUT2D eigenvalue weighted by molar-refractivity contribution is 7.98. The van der Waals surface area contributed by atoms with Gasteiger partial charge in [-0.05, 0) is 61.2 Å². The number of aromatic nitrogens is 2. The fourth-order valence-corrected chi connectivity index (χ4v) is 5.19. The number of ether oxygens (including phenoxy) is 1. The summed E-state index contributed by atoms with van der Waals surface area (Å²) in [7, 11) is 1.33. The molecule has 2 amide bonds. The van der Waals surface area contributed by atoms with Gasteiger partial charge in [-0.25, -0.2) is 19.5 Å². The van der Waals surface area contributed by atoms with E-state index in [1.807, 2.05) is 11.2 Å². The number of esters is 1. The molecule has 1 aromatic heterocycles. The van der Waals surface area contributed by atoms with Gasteiger partial charge >= 0.3 is 5.97 Å². The lowest BCUT2D eigenvalue weighted by Crippen LogP contribution is -2.54. The molecule has 4 rings (SSSR count). The number of carbonyl (C=O) groups excluding carboxylic acids is 3. The summed E-state index contributed by atoms with van der Waals surface area (Å²) in [6.45, 7) is 2.14. The Balaban J connectivity index is 1.46. The number of methoxy groups -OCH3 is 1. The minimum atomic E-state index is -0.804. The smallest absolute Gasteiger partial charge is 0.330 e. The first-order valence-corrected chi connectivity index (χ1v) is 14.4. The lowest BCUT2D eigenvalue weighted by molar-refractivity contribution is -0.144. The summed E-state index contributed by atoms with van der Waals surface area (Å²) in [5, 5.41) is 4.65. The van der Waals surface area contributed by atoms with Crippen molar-refractivity contribution in [1.82, 2.24) is 19.9 Å². The van der Waals surface area contributed by atoms with Crippen LogP contribution in [0.1, 0.15) is 54.8 Å². The molecule has 1 saturated heterocycles. The number of carbonyl (C=O) groups is 3. The first-order valence-electron chi connectivity index (χ1n) is 13.0. The molecule has 1 N–H and O–H groups in total. The van der Waals surface area contributed by atoms with Crippen LogP contribution in [0.15, 0.2) is 36.8 Å². The van der Waals surface area contributed by atoms with Gasteiger partial charge in [0.1, 0.15) is 6.33 Å². The number of imidazole rings is 1. The summed E-state index contributed by atoms with van der Waals surface area (Å²) in [4.78, 5) is 45.1. The van der Waals surface area contributed by atoms with Crippen molar-refractivity contribution in [2.75, 3.05) is 43.8 Å². The van der Waals surface area contributed by atoms with E-state index in [1.54, 1.807) is 18.0 Å². The Morgan fingerprint density at radius 2 is 2.03 bits per heavy atom. The van der Waals surface area contributed by atoms with E-state index in [4.69, 9.17) is 4.74 Å². The van der Waals surface area contributed by atoms with Gasteiger partial charge in [-0.15, -0.1) is 0 Å². The average molecular weight is 528 g/mol. The van der Waals surface area contributed by atoms with Crippen molar-refractivity contribution < 1.29 is 19.1 Å². The highest BCUT2D eigenvalue weighted by Crippen LogP contribution is 2.40. The molecule has 0 unspecified atom stereocenters. The minimum Gasteiger partial charge on any atom is -0.467 e. The number of amides is 2. The zero-order chi connectivity index (χ0) is 26.2. The summed E-state index contributed by atoms with van der Waals surface area (Å²) < 4.78 is 6.59. The van der Waals surface area contributed by atoms with Gasteiger partial charge in [0.25, 0.3) is 5.91 Å². The number of likely N-dealkylation sites (tertiary alicyclic amines) is 1. The minimum absolute atomic E-state index is 0.0302. The fraction of sp³-hybridized carbons (Fsp3) is 0.556. The highest BCUT2D eigenvalue weighted by Gasteiger charge is 2.32. The van der Waals surface area contributed by atoms with Crippen LogP contribution in [-0.4, -0.2) is 77.1 Å². The van der Waals surface area contributed by atoms with E-state index in [2.05, 4.69) is 34.6 Å². The van der Waals surface area contributed by atoms with Gasteiger partial charge < -0.3 is 15.0 Å². The molecule has 2 heterocycles. The van der Waals surface area contributed by atoms with Gasteiger partial charge in [-0.3, -0.25) is 9.59 Å². The summed E-state index contributed by atoms with van der Waals surface area (Å²) in [6.07, 6.45) is 10.3. The molecule has 1 aromatic carbocycles. The van der Waals surface area contributed by atoms with E-state index in [-0.39, 0.29) is 24.8 Å². The predicted octanol–water partition coefficient (Wildman–Crippen LogP) is 2.47. The van der Waals surface area contributed by atoms with E-state index in [1.165, 1.54) is 41.5 Å². The molecular weight excluding hydrogens is 490 g/mol. The molecule has 37 heavy (non-hydrogen) atoms. The van der Waals surface area contributed by atoms with Crippen LogP contribution < -0.4 is 10.3 Å². The van der Waals surface area contributed by atoms with Crippen molar-refractivity contribution >= 4 is 29.5 Å². The summed E-state index contributed by atoms with van der Waals surface area (Å²) in [5.41, 5.74) is 3.04. The number of thioether (sulfide) groups is 1. The summed E-state index contributed by atoms with van der Waals surface area (Å²) in [5.74, 6) is 0.622. The molecule has 1 saturated carbocycles. The Morgan fingerprint density at radius 1 is 1.24 bits per heavy atom. The van der Waals surface area contributed by atoms with Crippen molar-refractivity contribution in [3.63, 3.8) is 0 Å². The number of hydrogen-bond donors (Lipinski definition) is 1. The quantitative estimate of drug-likeness (QED) is 0.400. The number of rotatable bonds is 13. The normalized spacial score (nSPS) is 16.0. The van der Waals surface area contributed by atoms with Crippen LogP contribution >= 0.6 is 11.8 Å². The molecule has 0 radical (unpaired) electrons. The molecule has 1 aliphatic heterocycles. The molecule has 1 aliphatic carbocycles. The molecule has 2 aliphatic rings. The maximum atomic E-state index is 13.5. The third kappa shape index (κ3) is 7.35. The van der Waals surface area contributed by atoms with Crippen LogP contribution in [0, 0.1) is 0 Å². The van der Waals surface area contributed by atoms with E-state index in [9.17, 15) is 14.4 Å². The second-order valence-electron chi connectivity index (χ2n) is 9.69. The van der Waals surface area contributed by atoms with Gasteiger partial charge in [-0.1, -0.05) is 24.3 Å². The van der Waals surface area contributed by atoms with E-state index >= 15 is 0 Å². The third-order valence-corrected chi connectivity index (χ3v) is 7.53. The number of hydrogen-bond acceptors (Lipinski definition) is 7. The molecule has 200 valence electrons. The third-order valence-electron chi connectivity index (χ3n) is 6.89. The Morgan fingerprint density at radius 3 is 2.73 bits per heavy atom. The van der Waals surface area contributed by atoms with Crippen molar-refractivity contribution in [3.8, 4) is 0 Å². The van der Waals surface area contributed by atoms with Crippen LogP contribution in [0.2, 0.25) is 0 Å². The molecule has 1 atom stereocenters. The van der Waals surface area contributed by atoms with Gasteiger partial charge in [0.2, 0.25) is 5.91 Å². The number of nitrogens with one attached hydrogen (secondary N) is 1. The van der Waals surface area contributed by atoms with Gasteiger partial charge in [-0.2, -0.15) is 11.8 Å².